The summed E-state index contributed by atoms with van der Waals surface area (Å²) in [6.07, 6.45) is 0. The number of halogens is 1. The molecule has 1 aromatic heterocycles. The molecule has 5 heteroatoms. The molecule has 0 N–H and O–H groups in total. The largest absolute Gasteiger partial charge is 0.379 e. The minimum Gasteiger partial charge on any atom is -0.379 e. The van der Waals surface area contributed by atoms with Crippen LogP contribution in [0.1, 0.15) is 11.4 Å². The van der Waals surface area contributed by atoms with E-state index < -0.39 is 0 Å². The molecule has 2 heterocycles. The molecule has 1 aliphatic heterocycles. The topological polar surface area (TPSA) is 30.3 Å². The molecule has 24 heavy (non-hydrogen) atoms. The van der Waals surface area contributed by atoms with Gasteiger partial charge in [-0.1, -0.05) is 40.2 Å². The van der Waals surface area contributed by atoms with Crippen molar-refractivity contribution in [1.82, 2.24) is 14.5 Å². The number of aromatic nitrogens is 2. The fourth-order valence-corrected chi connectivity index (χ4v) is 3.42. The van der Waals surface area contributed by atoms with E-state index in [1.165, 1.54) is 11.1 Å². The Morgan fingerprint density at radius 2 is 1.71 bits per heavy atom. The van der Waals surface area contributed by atoms with E-state index in [2.05, 4.69) is 73.9 Å². The molecule has 0 saturated carbocycles. The van der Waals surface area contributed by atoms with Gasteiger partial charge in [0, 0.05) is 24.1 Å². The number of fused-ring (bicyclic) bond motifs is 1. The average Bonchev–Trinajstić information content (AvgIpc) is 2.95. The van der Waals surface area contributed by atoms with Gasteiger partial charge in [0.15, 0.2) is 0 Å². The molecule has 0 atom stereocenters. The van der Waals surface area contributed by atoms with Gasteiger partial charge in [0.2, 0.25) is 0 Å². The van der Waals surface area contributed by atoms with Crippen LogP contribution in [0.4, 0.5) is 0 Å². The van der Waals surface area contributed by atoms with Crippen molar-refractivity contribution in [2.24, 2.45) is 0 Å². The standard InChI is InChI=1S/C19H20BrN3O/c20-16-7-5-15(6-8-16)13-23-18-4-2-1-3-17(18)21-19(23)14-22-9-11-24-12-10-22/h1-8H,9-14H2. The molecule has 1 aliphatic rings. The molecule has 0 amide bonds. The summed E-state index contributed by atoms with van der Waals surface area (Å²) in [5.41, 5.74) is 3.55. The van der Waals surface area contributed by atoms with E-state index in [9.17, 15) is 0 Å². The van der Waals surface area contributed by atoms with Crippen LogP contribution in [-0.2, 0) is 17.8 Å². The zero-order valence-electron chi connectivity index (χ0n) is 13.5. The average molecular weight is 386 g/mol. The molecule has 2 aromatic carbocycles. The van der Waals surface area contributed by atoms with E-state index in [0.29, 0.717) is 0 Å². The summed E-state index contributed by atoms with van der Waals surface area (Å²) >= 11 is 3.51. The monoisotopic (exact) mass is 385 g/mol. The van der Waals surface area contributed by atoms with Gasteiger partial charge in [-0.3, -0.25) is 4.90 Å². The highest BCUT2D eigenvalue weighted by Crippen LogP contribution is 2.20. The lowest BCUT2D eigenvalue weighted by Crippen LogP contribution is -2.36. The second kappa shape index (κ2) is 7.05. The quantitative estimate of drug-likeness (QED) is 0.686. The van der Waals surface area contributed by atoms with Crippen molar-refractivity contribution in [3.05, 3.63) is 64.4 Å². The van der Waals surface area contributed by atoms with Crippen molar-refractivity contribution in [1.29, 1.82) is 0 Å². The van der Waals surface area contributed by atoms with Crippen LogP contribution in [0, 0.1) is 0 Å². The maximum atomic E-state index is 5.46. The summed E-state index contributed by atoms with van der Waals surface area (Å²) in [5, 5.41) is 0. The number of para-hydroxylation sites is 2. The summed E-state index contributed by atoms with van der Waals surface area (Å²) < 4.78 is 8.91. The molecule has 0 bridgehead atoms. The lowest BCUT2D eigenvalue weighted by Gasteiger charge is -2.26. The van der Waals surface area contributed by atoms with Gasteiger partial charge in [-0.15, -0.1) is 0 Å². The Kier molecular flexibility index (Phi) is 4.65. The van der Waals surface area contributed by atoms with Crippen LogP contribution in [0.2, 0.25) is 0 Å². The summed E-state index contributed by atoms with van der Waals surface area (Å²) in [6, 6.07) is 16.9. The number of imidazole rings is 1. The molecular formula is C19H20BrN3O. The molecule has 0 radical (unpaired) electrons. The number of ether oxygens (including phenoxy) is 1. The first-order valence-electron chi connectivity index (χ1n) is 8.28. The van der Waals surface area contributed by atoms with E-state index in [4.69, 9.17) is 9.72 Å². The lowest BCUT2D eigenvalue weighted by molar-refractivity contribution is 0.0327. The predicted molar refractivity (Wildman–Crippen MR) is 99.1 cm³/mol. The summed E-state index contributed by atoms with van der Waals surface area (Å²) in [6.45, 7) is 5.28. The minimum absolute atomic E-state index is 0.812. The van der Waals surface area contributed by atoms with E-state index >= 15 is 0 Å². The van der Waals surface area contributed by atoms with E-state index in [1.807, 2.05) is 0 Å². The Labute approximate surface area is 150 Å². The van der Waals surface area contributed by atoms with Crippen molar-refractivity contribution in [2.75, 3.05) is 26.3 Å². The second-order valence-corrected chi connectivity index (χ2v) is 7.03. The van der Waals surface area contributed by atoms with Gasteiger partial charge >= 0.3 is 0 Å². The Morgan fingerprint density at radius 3 is 2.50 bits per heavy atom. The number of hydrogen-bond donors (Lipinski definition) is 0. The van der Waals surface area contributed by atoms with Gasteiger partial charge in [0.05, 0.1) is 30.8 Å². The normalized spacial score (nSPS) is 15.9. The summed E-state index contributed by atoms with van der Waals surface area (Å²) in [5.74, 6) is 1.13. The fraction of sp³-hybridized carbons (Fsp3) is 0.316. The predicted octanol–water partition coefficient (Wildman–Crippen LogP) is 3.68. The maximum Gasteiger partial charge on any atom is 0.124 e. The number of rotatable bonds is 4. The molecule has 1 saturated heterocycles. The highest BCUT2D eigenvalue weighted by molar-refractivity contribution is 9.10. The van der Waals surface area contributed by atoms with E-state index in [0.717, 1.165) is 55.2 Å². The fourth-order valence-electron chi connectivity index (χ4n) is 3.15. The van der Waals surface area contributed by atoms with Crippen molar-refractivity contribution in [3.63, 3.8) is 0 Å². The van der Waals surface area contributed by atoms with Gasteiger partial charge in [0.25, 0.3) is 0 Å². The number of benzene rings is 2. The number of nitrogens with zero attached hydrogens (tertiary/aromatic N) is 3. The summed E-state index contributed by atoms with van der Waals surface area (Å²) in [7, 11) is 0. The third kappa shape index (κ3) is 3.38. The smallest absolute Gasteiger partial charge is 0.124 e. The molecule has 4 nitrogen and oxygen atoms in total. The molecular weight excluding hydrogens is 366 g/mol. The Hall–Kier alpha value is -1.69. The van der Waals surface area contributed by atoms with Crippen molar-refractivity contribution < 1.29 is 4.74 Å². The highest BCUT2D eigenvalue weighted by atomic mass is 79.9. The van der Waals surface area contributed by atoms with Crippen LogP contribution >= 0.6 is 15.9 Å². The van der Waals surface area contributed by atoms with Crippen LogP contribution in [0.3, 0.4) is 0 Å². The zero-order chi connectivity index (χ0) is 16.4. The van der Waals surface area contributed by atoms with Gasteiger partial charge < -0.3 is 9.30 Å². The van der Waals surface area contributed by atoms with E-state index in [1.54, 1.807) is 0 Å². The van der Waals surface area contributed by atoms with Crippen molar-refractivity contribution in [3.8, 4) is 0 Å². The highest BCUT2D eigenvalue weighted by Gasteiger charge is 2.16. The van der Waals surface area contributed by atoms with Gasteiger partial charge in [-0.25, -0.2) is 4.98 Å². The first-order chi connectivity index (χ1) is 11.8. The van der Waals surface area contributed by atoms with Gasteiger partial charge in [0.1, 0.15) is 5.82 Å². The molecule has 0 unspecified atom stereocenters. The summed E-state index contributed by atoms with van der Waals surface area (Å²) in [4.78, 5) is 7.31. The van der Waals surface area contributed by atoms with E-state index in [-0.39, 0.29) is 0 Å². The Morgan fingerprint density at radius 1 is 0.958 bits per heavy atom. The first-order valence-corrected chi connectivity index (χ1v) is 9.07. The molecule has 0 aliphatic carbocycles. The Balaban J connectivity index is 1.68. The second-order valence-electron chi connectivity index (χ2n) is 6.12. The van der Waals surface area contributed by atoms with Crippen molar-refractivity contribution >= 4 is 27.0 Å². The Bertz CT molecular complexity index is 822. The number of hydrogen-bond acceptors (Lipinski definition) is 3. The molecule has 3 aromatic rings. The van der Waals surface area contributed by atoms with Crippen LogP contribution < -0.4 is 0 Å². The maximum absolute atomic E-state index is 5.46. The SMILES string of the molecule is Brc1ccc(Cn2c(CN3CCOCC3)nc3ccccc32)cc1. The third-order valence-corrected chi connectivity index (χ3v) is 4.98. The van der Waals surface area contributed by atoms with Crippen LogP contribution in [0.15, 0.2) is 53.0 Å². The third-order valence-electron chi connectivity index (χ3n) is 4.46. The van der Waals surface area contributed by atoms with Crippen LogP contribution in [-0.4, -0.2) is 40.8 Å². The molecule has 4 rings (SSSR count). The molecule has 0 spiro atoms. The van der Waals surface area contributed by atoms with Crippen LogP contribution in [0.25, 0.3) is 11.0 Å². The minimum atomic E-state index is 0.812. The lowest BCUT2D eigenvalue weighted by atomic mass is 10.2. The number of morpholine rings is 1. The zero-order valence-corrected chi connectivity index (χ0v) is 15.1. The van der Waals surface area contributed by atoms with Gasteiger partial charge in [-0.2, -0.15) is 0 Å². The van der Waals surface area contributed by atoms with Crippen molar-refractivity contribution in [2.45, 2.75) is 13.1 Å². The van der Waals surface area contributed by atoms with Crippen LogP contribution in [0.5, 0.6) is 0 Å². The van der Waals surface area contributed by atoms with Gasteiger partial charge in [-0.05, 0) is 29.8 Å². The first kappa shape index (κ1) is 15.8. The molecule has 1 fully saturated rings. The molecule has 124 valence electrons.